The summed E-state index contributed by atoms with van der Waals surface area (Å²) < 4.78 is 2.11. The lowest BCUT2D eigenvalue weighted by Gasteiger charge is -1.82. The molecule has 12 heavy (non-hydrogen) atoms. The summed E-state index contributed by atoms with van der Waals surface area (Å²) in [5, 5.41) is 8.99. The summed E-state index contributed by atoms with van der Waals surface area (Å²) in [6.07, 6.45) is 0. The molecule has 0 radical (unpaired) electrons. The summed E-state index contributed by atoms with van der Waals surface area (Å²) in [4.78, 5) is 1.17. The van der Waals surface area contributed by atoms with Gasteiger partial charge in [-0.05, 0) is 50.7 Å². The Balaban J connectivity index is 2.43. The number of rotatable bonds is 1. The molecular weight excluding hydrogens is 371 g/mol. The van der Waals surface area contributed by atoms with Gasteiger partial charge >= 0.3 is 0 Å². The first kappa shape index (κ1) is 9.04. The molecule has 2 heterocycles. The van der Waals surface area contributed by atoms with Crippen molar-refractivity contribution >= 4 is 61.2 Å². The van der Waals surface area contributed by atoms with E-state index < -0.39 is 0 Å². The van der Waals surface area contributed by atoms with Crippen LogP contribution in [0.1, 0.15) is 0 Å². The van der Waals surface area contributed by atoms with Crippen LogP contribution in [0.25, 0.3) is 9.88 Å². The number of nitrogens with zero attached hydrogens (tertiary/aromatic N) is 2. The average molecular weight is 373 g/mol. The second-order valence-corrected chi connectivity index (χ2v) is 7.16. The first-order valence-corrected chi connectivity index (χ1v) is 6.51. The number of halogens is 2. The van der Waals surface area contributed by atoms with E-state index in [-0.39, 0.29) is 0 Å². The maximum Gasteiger partial charge on any atom is 0.178 e. The van der Waals surface area contributed by atoms with Crippen molar-refractivity contribution in [2.24, 2.45) is 0 Å². The van der Waals surface area contributed by atoms with Gasteiger partial charge in [-0.1, -0.05) is 11.3 Å². The molecule has 0 N–H and O–H groups in total. The van der Waals surface area contributed by atoms with Gasteiger partial charge in [-0.25, -0.2) is 0 Å². The van der Waals surface area contributed by atoms with Crippen molar-refractivity contribution in [1.29, 1.82) is 0 Å². The Bertz CT molecular complexity index is 359. The molecule has 2 rings (SSSR count). The van der Waals surface area contributed by atoms with Crippen molar-refractivity contribution < 1.29 is 0 Å². The molecule has 62 valence electrons. The minimum absolute atomic E-state index is 0.979. The van der Waals surface area contributed by atoms with Crippen molar-refractivity contribution in [3.05, 3.63) is 18.9 Å². The van der Waals surface area contributed by atoms with E-state index in [1.165, 1.54) is 4.88 Å². The predicted octanol–water partition coefficient (Wildman–Crippen LogP) is 3.63. The van der Waals surface area contributed by atoms with Gasteiger partial charge in [0, 0.05) is 0 Å². The quantitative estimate of drug-likeness (QED) is 0.714. The summed E-state index contributed by atoms with van der Waals surface area (Å²) in [6, 6.07) is 4.07. The Morgan fingerprint density at radius 1 is 1.25 bits per heavy atom. The van der Waals surface area contributed by atoms with Crippen molar-refractivity contribution in [2.75, 3.05) is 0 Å². The van der Waals surface area contributed by atoms with Gasteiger partial charge in [-0.3, -0.25) is 0 Å². The first-order valence-electron chi connectivity index (χ1n) is 3.00. The van der Waals surface area contributed by atoms with E-state index in [9.17, 15) is 0 Å². The molecule has 2 aromatic rings. The van der Waals surface area contributed by atoms with Crippen LogP contribution in [0.5, 0.6) is 0 Å². The highest BCUT2D eigenvalue weighted by molar-refractivity contribution is 14.1. The van der Waals surface area contributed by atoms with Gasteiger partial charge in [-0.2, -0.15) is 0 Å². The van der Waals surface area contributed by atoms with Crippen molar-refractivity contribution in [1.82, 2.24) is 10.2 Å². The second-order valence-electron chi connectivity index (χ2n) is 1.96. The van der Waals surface area contributed by atoms with E-state index in [1.807, 2.05) is 12.1 Å². The van der Waals surface area contributed by atoms with Gasteiger partial charge in [0.15, 0.2) is 8.02 Å². The summed E-state index contributed by atoms with van der Waals surface area (Å²) in [6.45, 7) is 0. The van der Waals surface area contributed by atoms with Crippen LogP contribution in [0.3, 0.4) is 0 Å². The Morgan fingerprint density at radius 2 is 2.08 bits per heavy atom. The minimum Gasteiger partial charge on any atom is -0.137 e. The van der Waals surface area contributed by atoms with Crippen molar-refractivity contribution in [2.45, 2.75) is 0 Å². The fourth-order valence-corrected chi connectivity index (χ4v) is 3.47. The van der Waals surface area contributed by atoms with Gasteiger partial charge in [0.25, 0.3) is 0 Å². The van der Waals surface area contributed by atoms with Crippen LogP contribution in [-0.2, 0) is 0 Å². The van der Waals surface area contributed by atoms with E-state index in [2.05, 4.69) is 48.7 Å². The molecule has 0 aromatic carbocycles. The van der Waals surface area contributed by atoms with Crippen LogP contribution in [0.15, 0.2) is 15.9 Å². The maximum absolute atomic E-state index is 4.05. The van der Waals surface area contributed by atoms with Crippen molar-refractivity contribution in [3.63, 3.8) is 0 Å². The topological polar surface area (TPSA) is 25.8 Å². The highest BCUT2D eigenvalue weighted by Crippen LogP contribution is 2.32. The fraction of sp³-hybridized carbons (Fsp3) is 0. The molecule has 0 atom stereocenters. The molecule has 0 unspecified atom stereocenters. The smallest absolute Gasteiger partial charge is 0.137 e. The molecule has 0 saturated heterocycles. The first-order chi connectivity index (χ1) is 5.75. The fourth-order valence-electron chi connectivity index (χ4n) is 0.734. The Morgan fingerprint density at radius 3 is 2.58 bits per heavy atom. The van der Waals surface area contributed by atoms with E-state index in [0.29, 0.717) is 0 Å². The lowest BCUT2D eigenvalue weighted by molar-refractivity contribution is 1.08. The average Bonchev–Trinajstić information content (AvgIpc) is 2.58. The molecule has 0 amide bonds. The second kappa shape index (κ2) is 3.69. The Labute approximate surface area is 99.3 Å². The SMILES string of the molecule is Brc1ccc(-c2nnc(I)s2)s1. The van der Waals surface area contributed by atoms with Gasteiger partial charge < -0.3 is 0 Å². The molecule has 0 aliphatic rings. The lowest BCUT2D eigenvalue weighted by Crippen LogP contribution is -1.69. The van der Waals surface area contributed by atoms with E-state index in [1.54, 1.807) is 22.7 Å². The Hall–Kier alpha value is 0.470. The standard InChI is InChI=1S/C6H2BrIN2S2/c7-4-2-1-3(11-4)5-9-10-6(8)12-5/h1-2H. The van der Waals surface area contributed by atoms with Crippen molar-refractivity contribution in [3.8, 4) is 9.88 Å². The monoisotopic (exact) mass is 372 g/mol. The number of thiophene rings is 1. The molecule has 0 bridgehead atoms. The van der Waals surface area contributed by atoms with Crippen LogP contribution in [0, 0.1) is 3.01 Å². The number of hydrogen-bond donors (Lipinski definition) is 0. The van der Waals surface area contributed by atoms with Crippen LogP contribution in [0.4, 0.5) is 0 Å². The highest BCUT2D eigenvalue weighted by Gasteiger charge is 2.06. The van der Waals surface area contributed by atoms with Gasteiger partial charge in [0.1, 0.15) is 0 Å². The molecule has 6 heteroatoms. The molecule has 2 nitrogen and oxygen atoms in total. The lowest BCUT2D eigenvalue weighted by atomic mass is 10.5. The molecule has 0 saturated carbocycles. The summed E-state index contributed by atoms with van der Waals surface area (Å²) in [5.41, 5.74) is 0. The molecule has 2 aromatic heterocycles. The van der Waals surface area contributed by atoms with Gasteiger partial charge in [0.2, 0.25) is 0 Å². The largest absolute Gasteiger partial charge is 0.178 e. The van der Waals surface area contributed by atoms with E-state index in [0.717, 1.165) is 11.8 Å². The Kier molecular flexibility index (Phi) is 2.78. The predicted molar refractivity (Wildman–Crippen MR) is 63.6 cm³/mol. The number of aromatic nitrogens is 2. The minimum atomic E-state index is 0.979. The third kappa shape index (κ3) is 1.86. The summed E-state index contributed by atoms with van der Waals surface area (Å²) in [7, 11) is 0. The highest BCUT2D eigenvalue weighted by atomic mass is 127. The molecular formula is C6H2BrIN2S2. The van der Waals surface area contributed by atoms with E-state index in [4.69, 9.17) is 0 Å². The maximum atomic E-state index is 4.05. The zero-order valence-electron chi connectivity index (χ0n) is 5.62. The van der Waals surface area contributed by atoms with E-state index >= 15 is 0 Å². The zero-order valence-corrected chi connectivity index (χ0v) is 11.0. The molecule has 0 spiro atoms. The zero-order chi connectivity index (χ0) is 8.55. The normalized spacial score (nSPS) is 10.5. The summed E-state index contributed by atoms with van der Waals surface area (Å²) in [5.74, 6) is 0. The van der Waals surface area contributed by atoms with Crippen LogP contribution < -0.4 is 0 Å². The summed E-state index contributed by atoms with van der Waals surface area (Å²) >= 11 is 8.86. The molecule has 0 aliphatic heterocycles. The van der Waals surface area contributed by atoms with Gasteiger partial charge in [-0.15, -0.1) is 21.5 Å². The molecule has 0 aliphatic carbocycles. The molecule has 0 fully saturated rings. The third-order valence-corrected chi connectivity index (χ3v) is 4.57. The van der Waals surface area contributed by atoms with Gasteiger partial charge in [0.05, 0.1) is 8.66 Å². The third-order valence-electron chi connectivity index (χ3n) is 1.18. The van der Waals surface area contributed by atoms with Crippen LogP contribution >= 0.6 is 61.2 Å². The van der Waals surface area contributed by atoms with Crippen LogP contribution in [-0.4, -0.2) is 10.2 Å². The number of hydrogen-bond acceptors (Lipinski definition) is 4. The van der Waals surface area contributed by atoms with Crippen LogP contribution in [0.2, 0.25) is 0 Å².